The minimum atomic E-state index is -0.0887. The summed E-state index contributed by atoms with van der Waals surface area (Å²) in [4.78, 5) is 4.10. The first-order chi connectivity index (χ1) is 8.13. The lowest BCUT2D eigenvalue weighted by molar-refractivity contribution is 0.0798. The van der Waals surface area contributed by atoms with E-state index in [1.807, 2.05) is 0 Å². The molecule has 0 aliphatic rings. The predicted molar refractivity (Wildman–Crippen MR) is 69.0 cm³/mol. The maximum Gasteiger partial charge on any atom is 0.219 e. The minimum Gasteiger partial charge on any atom is -0.475 e. The first kappa shape index (κ1) is 14.4. The predicted octanol–water partition coefficient (Wildman–Crippen LogP) is 2.39. The number of nitrogens with zero attached hydrogens (tertiary/aromatic N) is 1. The SMILES string of the molecule is CC(C)COCCOc1ncc(Br)cc1CO. The number of pyridine rings is 1. The van der Waals surface area contributed by atoms with Crippen molar-refractivity contribution < 1.29 is 14.6 Å². The van der Waals surface area contributed by atoms with Gasteiger partial charge in [0.25, 0.3) is 0 Å². The van der Waals surface area contributed by atoms with E-state index in [4.69, 9.17) is 14.6 Å². The summed E-state index contributed by atoms with van der Waals surface area (Å²) in [5.41, 5.74) is 0.670. The van der Waals surface area contributed by atoms with Gasteiger partial charge in [-0.3, -0.25) is 0 Å². The van der Waals surface area contributed by atoms with Crippen LogP contribution in [0.1, 0.15) is 19.4 Å². The summed E-state index contributed by atoms with van der Waals surface area (Å²) in [7, 11) is 0. The van der Waals surface area contributed by atoms with Crippen molar-refractivity contribution in [1.29, 1.82) is 0 Å². The van der Waals surface area contributed by atoms with Crippen molar-refractivity contribution in [2.24, 2.45) is 5.92 Å². The van der Waals surface area contributed by atoms with Crippen molar-refractivity contribution in [1.82, 2.24) is 4.98 Å². The van der Waals surface area contributed by atoms with E-state index >= 15 is 0 Å². The lowest BCUT2D eigenvalue weighted by atomic mass is 10.2. The first-order valence-corrected chi connectivity index (χ1v) is 6.38. The monoisotopic (exact) mass is 303 g/mol. The largest absolute Gasteiger partial charge is 0.475 e. The fourth-order valence-electron chi connectivity index (χ4n) is 1.23. The second kappa shape index (κ2) is 7.63. The Morgan fingerprint density at radius 3 is 2.82 bits per heavy atom. The number of halogens is 1. The van der Waals surface area contributed by atoms with Crippen molar-refractivity contribution in [3.05, 3.63) is 22.3 Å². The lowest BCUT2D eigenvalue weighted by Gasteiger charge is -2.10. The van der Waals surface area contributed by atoms with Gasteiger partial charge in [-0.1, -0.05) is 13.8 Å². The standard InChI is InChI=1S/C12H18BrNO3/c1-9(2)8-16-3-4-17-12-10(7-15)5-11(13)6-14-12/h5-6,9,15H,3-4,7-8H2,1-2H3. The quantitative estimate of drug-likeness (QED) is 0.786. The Kier molecular flexibility index (Phi) is 6.47. The van der Waals surface area contributed by atoms with E-state index in [9.17, 15) is 0 Å². The summed E-state index contributed by atoms with van der Waals surface area (Å²) in [6.07, 6.45) is 1.64. The highest BCUT2D eigenvalue weighted by atomic mass is 79.9. The van der Waals surface area contributed by atoms with Gasteiger partial charge in [-0.2, -0.15) is 0 Å². The van der Waals surface area contributed by atoms with Crippen LogP contribution in [0.3, 0.4) is 0 Å². The van der Waals surface area contributed by atoms with E-state index in [2.05, 4.69) is 34.8 Å². The van der Waals surface area contributed by atoms with Crippen LogP contribution < -0.4 is 4.74 Å². The molecule has 0 atom stereocenters. The average molecular weight is 304 g/mol. The Morgan fingerprint density at radius 2 is 2.18 bits per heavy atom. The topological polar surface area (TPSA) is 51.6 Å². The second-order valence-corrected chi connectivity index (χ2v) is 5.01. The molecule has 1 N–H and O–H groups in total. The van der Waals surface area contributed by atoms with Crippen molar-refractivity contribution in [3.63, 3.8) is 0 Å². The van der Waals surface area contributed by atoms with Gasteiger partial charge in [0.2, 0.25) is 5.88 Å². The van der Waals surface area contributed by atoms with Crippen molar-refractivity contribution in [3.8, 4) is 5.88 Å². The molecule has 1 aromatic rings. The van der Waals surface area contributed by atoms with E-state index < -0.39 is 0 Å². The van der Waals surface area contributed by atoms with Crippen molar-refractivity contribution in [2.45, 2.75) is 20.5 Å². The van der Waals surface area contributed by atoms with Gasteiger partial charge >= 0.3 is 0 Å². The molecule has 1 rings (SSSR count). The number of aliphatic hydroxyl groups excluding tert-OH is 1. The molecular weight excluding hydrogens is 286 g/mol. The summed E-state index contributed by atoms with van der Waals surface area (Å²) in [6.45, 7) is 5.80. The van der Waals surface area contributed by atoms with Crippen LogP contribution in [0.2, 0.25) is 0 Å². The molecule has 0 aromatic carbocycles. The summed E-state index contributed by atoms with van der Waals surface area (Å²) < 4.78 is 11.7. The third-order valence-electron chi connectivity index (χ3n) is 1.98. The van der Waals surface area contributed by atoms with Gasteiger partial charge in [-0.25, -0.2) is 4.98 Å². The Bertz CT molecular complexity index is 345. The molecule has 0 fully saturated rings. The number of aliphatic hydroxyl groups is 1. The van der Waals surface area contributed by atoms with Crippen LogP contribution in [0.15, 0.2) is 16.7 Å². The molecule has 0 aliphatic heterocycles. The molecule has 0 saturated heterocycles. The molecule has 4 nitrogen and oxygen atoms in total. The van der Waals surface area contributed by atoms with E-state index in [1.165, 1.54) is 0 Å². The molecule has 0 amide bonds. The molecule has 0 spiro atoms. The maximum atomic E-state index is 9.15. The van der Waals surface area contributed by atoms with Gasteiger partial charge in [-0.15, -0.1) is 0 Å². The minimum absolute atomic E-state index is 0.0887. The van der Waals surface area contributed by atoms with Crippen LogP contribution >= 0.6 is 15.9 Å². The fourth-order valence-corrected chi connectivity index (χ4v) is 1.61. The molecule has 0 aliphatic carbocycles. The van der Waals surface area contributed by atoms with E-state index in [1.54, 1.807) is 12.3 Å². The van der Waals surface area contributed by atoms with Crippen LogP contribution in [0.4, 0.5) is 0 Å². The zero-order chi connectivity index (χ0) is 12.7. The van der Waals surface area contributed by atoms with Crippen LogP contribution in [0, 0.1) is 5.92 Å². The van der Waals surface area contributed by atoms with E-state index in [0.29, 0.717) is 30.6 Å². The van der Waals surface area contributed by atoms with Crippen molar-refractivity contribution >= 4 is 15.9 Å². The smallest absolute Gasteiger partial charge is 0.219 e. The van der Waals surface area contributed by atoms with Crippen LogP contribution in [0.5, 0.6) is 5.88 Å². The van der Waals surface area contributed by atoms with Gasteiger partial charge in [0, 0.05) is 22.8 Å². The lowest BCUT2D eigenvalue weighted by Crippen LogP contribution is -2.11. The van der Waals surface area contributed by atoms with Crippen LogP contribution in [-0.2, 0) is 11.3 Å². The molecular formula is C12H18BrNO3. The number of rotatable bonds is 7. The number of ether oxygens (including phenoxy) is 2. The van der Waals surface area contributed by atoms with Crippen LogP contribution in [-0.4, -0.2) is 29.9 Å². The highest BCUT2D eigenvalue weighted by molar-refractivity contribution is 9.10. The molecule has 0 unspecified atom stereocenters. The summed E-state index contributed by atoms with van der Waals surface area (Å²) in [5.74, 6) is 0.984. The number of hydrogen-bond acceptors (Lipinski definition) is 4. The van der Waals surface area contributed by atoms with Gasteiger partial charge in [-0.05, 0) is 27.9 Å². The molecule has 5 heteroatoms. The highest BCUT2D eigenvalue weighted by Gasteiger charge is 2.05. The molecule has 1 heterocycles. The second-order valence-electron chi connectivity index (χ2n) is 4.09. The third-order valence-corrected chi connectivity index (χ3v) is 2.41. The average Bonchev–Trinajstić information content (AvgIpc) is 2.29. The summed E-state index contributed by atoms with van der Waals surface area (Å²) in [6, 6.07) is 1.79. The molecule has 0 bridgehead atoms. The zero-order valence-corrected chi connectivity index (χ0v) is 11.7. The Labute approximate surface area is 110 Å². The first-order valence-electron chi connectivity index (χ1n) is 5.59. The molecule has 1 aromatic heterocycles. The molecule has 0 radical (unpaired) electrons. The molecule has 17 heavy (non-hydrogen) atoms. The molecule has 96 valence electrons. The van der Waals surface area contributed by atoms with E-state index in [-0.39, 0.29) is 6.61 Å². The highest BCUT2D eigenvalue weighted by Crippen LogP contribution is 2.19. The number of aromatic nitrogens is 1. The van der Waals surface area contributed by atoms with Crippen LogP contribution in [0.25, 0.3) is 0 Å². The summed E-state index contributed by atoms with van der Waals surface area (Å²) >= 11 is 3.29. The Morgan fingerprint density at radius 1 is 1.41 bits per heavy atom. The summed E-state index contributed by atoms with van der Waals surface area (Å²) in [5, 5.41) is 9.15. The van der Waals surface area contributed by atoms with Gasteiger partial charge in [0.15, 0.2) is 0 Å². The third kappa shape index (κ3) is 5.48. The number of hydrogen-bond donors (Lipinski definition) is 1. The zero-order valence-electron chi connectivity index (χ0n) is 10.1. The normalized spacial score (nSPS) is 10.9. The molecule has 0 saturated carbocycles. The van der Waals surface area contributed by atoms with E-state index in [0.717, 1.165) is 11.1 Å². The van der Waals surface area contributed by atoms with Gasteiger partial charge in [0.05, 0.1) is 13.2 Å². The Balaban J connectivity index is 2.36. The fraction of sp³-hybridized carbons (Fsp3) is 0.583. The van der Waals surface area contributed by atoms with Gasteiger partial charge in [0.1, 0.15) is 6.61 Å². The Hall–Kier alpha value is -0.650. The van der Waals surface area contributed by atoms with Crippen molar-refractivity contribution in [2.75, 3.05) is 19.8 Å². The maximum absolute atomic E-state index is 9.15. The van der Waals surface area contributed by atoms with Gasteiger partial charge < -0.3 is 14.6 Å².